The molecule has 0 bridgehead atoms. The van der Waals surface area contributed by atoms with Gasteiger partial charge >= 0.3 is 12.0 Å². The molecule has 0 aromatic heterocycles. The monoisotopic (exact) mass is 287 g/mol. The maximum atomic E-state index is 11.7. The number of hydrogen-bond donors (Lipinski definition) is 4. The molecule has 4 N–H and O–H groups in total. The normalized spacial score (nSPS) is 22.1. The van der Waals surface area contributed by atoms with E-state index in [1.54, 1.807) is 0 Å². The first kappa shape index (κ1) is 15.9. The average molecular weight is 287 g/mol. The van der Waals surface area contributed by atoms with Crippen molar-refractivity contribution < 1.29 is 29.4 Å². The van der Waals surface area contributed by atoms with E-state index in [1.807, 2.05) is 0 Å². The van der Waals surface area contributed by atoms with Gasteiger partial charge in [0.15, 0.2) is 6.04 Å². The fourth-order valence-corrected chi connectivity index (χ4v) is 1.78. The molecule has 9 heteroatoms. The molecule has 9 nitrogen and oxygen atoms in total. The Morgan fingerprint density at radius 1 is 1.40 bits per heavy atom. The first-order valence-corrected chi connectivity index (χ1v) is 6.02. The Morgan fingerprint density at radius 3 is 2.50 bits per heavy atom. The molecule has 1 aliphatic rings. The molecule has 0 radical (unpaired) electrons. The van der Waals surface area contributed by atoms with Crippen LogP contribution in [0, 0.1) is 0 Å². The van der Waals surface area contributed by atoms with Gasteiger partial charge in [0.25, 0.3) is 5.91 Å². The number of carboxylic acids is 1. The summed E-state index contributed by atoms with van der Waals surface area (Å²) in [5, 5.41) is 22.4. The van der Waals surface area contributed by atoms with Crippen LogP contribution in [0.2, 0.25) is 0 Å². The molecule has 1 fully saturated rings. The minimum absolute atomic E-state index is 0.117. The van der Waals surface area contributed by atoms with E-state index >= 15 is 0 Å². The van der Waals surface area contributed by atoms with Crippen molar-refractivity contribution in [1.82, 2.24) is 15.5 Å². The van der Waals surface area contributed by atoms with Gasteiger partial charge in [-0.05, 0) is 13.3 Å². The summed E-state index contributed by atoms with van der Waals surface area (Å²) in [6.07, 6.45) is -1.02. The first-order valence-electron chi connectivity index (χ1n) is 6.02. The van der Waals surface area contributed by atoms with Crippen LogP contribution in [-0.4, -0.2) is 64.2 Å². The number of urea groups is 1. The highest BCUT2D eigenvalue weighted by Crippen LogP contribution is 2.11. The number of nitrogens with one attached hydrogen (secondary N) is 2. The fourth-order valence-electron chi connectivity index (χ4n) is 1.78. The fraction of sp³-hybridized carbons (Fsp3) is 0.636. The van der Waals surface area contributed by atoms with Crippen LogP contribution in [-0.2, 0) is 14.4 Å². The molecule has 1 aliphatic heterocycles. The number of carbonyl (C=O) groups excluding carboxylic acids is 3. The van der Waals surface area contributed by atoms with Crippen LogP contribution in [0.4, 0.5) is 4.79 Å². The Bertz CT molecular complexity index is 436. The third-order valence-corrected chi connectivity index (χ3v) is 2.99. The van der Waals surface area contributed by atoms with Crippen molar-refractivity contribution in [3.63, 3.8) is 0 Å². The van der Waals surface area contributed by atoms with Gasteiger partial charge in [-0.3, -0.25) is 14.5 Å². The molecule has 20 heavy (non-hydrogen) atoms. The van der Waals surface area contributed by atoms with Crippen molar-refractivity contribution in [3.05, 3.63) is 0 Å². The predicted molar refractivity (Wildman–Crippen MR) is 65.6 cm³/mol. The van der Waals surface area contributed by atoms with Crippen molar-refractivity contribution in [2.75, 3.05) is 7.05 Å². The van der Waals surface area contributed by atoms with Crippen molar-refractivity contribution in [2.45, 2.75) is 38.0 Å². The van der Waals surface area contributed by atoms with Crippen molar-refractivity contribution in [3.8, 4) is 0 Å². The predicted octanol–water partition coefficient (Wildman–Crippen LogP) is -1.73. The Balaban J connectivity index is 2.60. The van der Waals surface area contributed by atoms with Crippen molar-refractivity contribution in [2.24, 2.45) is 0 Å². The van der Waals surface area contributed by atoms with Gasteiger partial charge in [-0.1, -0.05) is 0 Å². The summed E-state index contributed by atoms with van der Waals surface area (Å²) in [6.45, 7) is 1.22. The summed E-state index contributed by atoms with van der Waals surface area (Å²) in [4.78, 5) is 46.3. The van der Waals surface area contributed by atoms with Gasteiger partial charge in [0.05, 0.1) is 6.10 Å². The van der Waals surface area contributed by atoms with Crippen molar-refractivity contribution in [1.29, 1.82) is 0 Å². The van der Waals surface area contributed by atoms with E-state index in [1.165, 1.54) is 14.0 Å². The summed E-state index contributed by atoms with van der Waals surface area (Å²) in [5.74, 6) is -2.28. The van der Waals surface area contributed by atoms with E-state index < -0.39 is 36.1 Å². The Kier molecular flexibility index (Phi) is 5.03. The molecule has 0 aromatic rings. The Morgan fingerprint density at radius 2 is 2.00 bits per heavy atom. The van der Waals surface area contributed by atoms with Crippen LogP contribution in [0.1, 0.15) is 19.8 Å². The second-order valence-corrected chi connectivity index (χ2v) is 4.56. The number of aliphatic hydroxyl groups is 1. The van der Waals surface area contributed by atoms with E-state index in [-0.39, 0.29) is 18.7 Å². The highest BCUT2D eigenvalue weighted by Gasteiger charge is 2.33. The lowest BCUT2D eigenvalue weighted by Crippen LogP contribution is -2.58. The highest BCUT2D eigenvalue weighted by atomic mass is 16.4. The van der Waals surface area contributed by atoms with Crippen LogP contribution in [0.15, 0.2) is 0 Å². The number of nitrogens with zero attached hydrogens (tertiary/aromatic N) is 1. The number of likely N-dealkylation sites (tertiary alicyclic amines) is 1. The van der Waals surface area contributed by atoms with Crippen LogP contribution in [0.25, 0.3) is 0 Å². The molecular weight excluding hydrogens is 270 g/mol. The van der Waals surface area contributed by atoms with E-state index in [9.17, 15) is 24.3 Å². The molecule has 0 spiro atoms. The number of piperidine rings is 1. The number of carboxylic acid groups (broad SMARTS) is 1. The zero-order chi connectivity index (χ0) is 15.4. The zero-order valence-electron chi connectivity index (χ0n) is 11.1. The zero-order valence-corrected chi connectivity index (χ0v) is 11.1. The second-order valence-electron chi connectivity index (χ2n) is 4.56. The van der Waals surface area contributed by atoms with Gasteiger partial charge in [-0.2, -0.15) is 0 Å². The third kappa shape index (κ3) is 3.67. The molecule has 3 unspecified atom stereocenters. The molecular formula is C11H17N3O6. The van der Waals surface area contributed by atoms with Gasteiger partial charge in [0.1, 0.15) is 6.04 Å². The molecule has 1 heterocycles. The number of likely N-dealkylation sites (N-methyl/N-ethyl adjacent to an activating group) is 1. The number of aliphatic carboxylic acids is 1. The Labute approximate surface area is 114 Å². The molecule has 0 aliphatic carbocycles. The molecule has 0 aromatic carbocycles. The Hall–Kier alpha value is -2.16. The minimum atomic E-state index is -1.48. The summed E-state index contributed by atoms with van der Waals surface area (Å²) >= 11 is 0. The maximum absolute atomic E-state index is 11.7. The average Bonchev–Trinajstić information content (AvgIpc) is 2.36. The van der Waals surface area contributed by atoms with Gasteiger partial charge in [-0.25, -0.2) is 9.59 Å². The lowest BCUT2D eigenvalue weighted by atomic mass is 10.1. The molecule has 1 rings (SSSR count). The molecule has 4 amide bonds. The van der Waals surface area contributed by atoms with E-state index in [2.05, 4.69) is 10.6 Å². The summed E-state index contributed by atoms with van der Waals surface area (Å²) in [7, 11) is 1.31. The SMILES string of the molecule is CC(O)C(NC(=O)NC1CCC(=O)N(C)C1=O)C(=O)O. The van der Waals surface area contributed by atoms with E-state index in [0.29, 0.717) is 0 Å². The lowest BCUT2D eigenvalue weighted by molar-refractivity contribution is -0.147. The topological polar surface area (TPSA) is 136 Å². The number of aliphatic hydroxyl groups excluding tert-OH is 1. The smallest absolute Gasteiger partial charge is 0.328 e. The summed E-state index contributed by atoms with van der Waals surface area (Å²) < 4.78 is 0. The molecule has 0 saturated carbocycles. The van der Waals surface area contributed by atoms with Gasteiger partial charge in [0.2, 0.25) is 5.91 Å². The third-order valence-electron chi connectivity index (χ3n) is 2.99. The molecule has 1 saturated heterocycles. The van der Waals surface area contributed by atoms with Crippen LogP contribution in [0.3, 0.4) is 0 Å². The number of carbonyl (C=O) groups is 4. The quantitative estimate of drug-likeness (QED) is 0.453. The molecule has 3 atom stereocenters. The number of rotatable bonds is 4. The first-order chi connectivity index (χ1) is 9.23. The number of amides is 4. The van der Waals surface area contributed by atoms with Crippen molar-refractivity contribution >= 4 is 23.8 Å². The summed E-state index contributed by atoms with van der Waals surface area (Å²) in [6, 6.07) is -3.26. The van der Waals surface area contributed by atoms with Gasteiger partial charge < -0.3 is 20.8 Å². The number of hydrogen-bond acceptors (Lipinski definition) is 5. The number of imide groups is 1. The van der Waals surface area contributed by atoms with E-state index in [0.717, 1.165) is 4.90 Å². The van der Waals surface area contributed by atoms with Gasteiger partial charge in [0, 0.05) is 13.5 Å². The minimum Gasteiger partial charge on any atom is -0.480 e. The summed E-state index contributed by atoms with van der Waals surface area (Å²) in [5.41, 5.74) is 0. The highest BCUT2D eigenvalue weighted by molar-refractivity contribution is 6.01. The lowest BCUT2D eigenvalue weighted by Gasteiger charge is -2.28. The van der Waals surface area contributed by atoms with E-state index in [4.69, 9.17) is 5.11 Å². The van der Waals surface area contributed by atoms with Crippen LogP contribution < -0.4 is 10.6 Å². The maximum Gasteiger partial charge on any atom is 0.328 e. The second kappa shape index (κ2) is 6.33. The molecule has 112 valence electrons. The standard InChI is InChI=1S/C11H17N3O6/c1-5(15)8(10(18)19)13-11(20)12-6-3-4-7(16)14(2)9(6)17/h5-6,8,15H,3-4H2,1-2H3,(H,18,19)(H2,12,13,20). The van der Waals surface area contributed by atoms with Gasteiger partial charge in [-0.15, -0.1) is 0 Å². The van der Waals surface area contributed by atoms with Crippen LogP contribution >= 0.6 is 0 Å². The van der Waals surface area contributed by atoms with Crippen LogP contribution in [0.5, 0.6) is 0 Å². The largest absolute Gasteiger partial charge is 0.480 e.